The zero-order valence-corrected chi connectivity index (χ0v) is 12.5. The number of nitrogens with two attached hydrogens (primary N) is 1. The van der Waals surface area contributed by atoms with Gasteiger partial charge in [0, 0.05) is 17.6 Å². The second-order valence-electron chi connectivity index (χ2n) is 4.98. The van der Waals surface area contributed by atoms with Crippen LogP contribution in [-0.2, 0) is 9.84 Å². The van der Waals surface area contributed by atoms with Crippen molar-refractivity contribution in [2.24, 2.45) is 11.7 Å². The second-order valence-corrected chi connectivity index (χ2v) is 7.90. The van der Waals surface area contributed by atoms with Gasteiger partial charge < -0.3 is 15.2 Å². The minimum absolute atomic E-state index is 0.0951. The van der Waals surface area contributed by atoms with Crippen molar-refractivity contribution in [1.29, 1.82) is 0 Å². The molecule has 1 aromatic rings. The lowest BCUT2D eigenvalue weighted by Gasteiger charge is -2.02. The summed E-state index contributed by atoms with van der Waals surface area (Å²) >= 11 is 5.01. The second kappa shape index (κ2) is 4.60. The number of sulfone groups is 1. The third-order valence-electron chi connectivity index (χ3n) is 3.88. The van der Waals surface area contributed by atoms with Crippen molar-refractivity contribution < 1.29 is 17.9 Å². The molecule has 1 aromatic carbocycles. The van der Waals surface area contributed by atoms with Crippen LogP contribution in [0.4, 0.5) is 0 Å². The SMILES string of the molecule is CCS(=O)(=O)C1C(C(N)=S)C1c1ccc2c(c1)OCO2. The van der Waals surface area contributed by atoms with Crippen molar-refractivity contribution in [1.82, 2.24) is 0 Å². The van der Waals surface area contributed by atoms with E-state index in [1.165, 1.54) is 0 Å². The molecular weight excluding hydrogens is 298 g/mol. The van der Waals surface area contributed by atoms with Crippen LogP contribution in [0.2, 0.25) is 0 Å². The molecule has 0 radical (unpaired) electrons. The van der Waals surface area contributed by atoms with E-state index in [0.29, 0.717) is 11.5 Å². The van der Waals surface area contributed by atoms with Gasteiger partial charge in [-0.15, -0.1) is 0 Å². The topological polar surface area (TPSA) is 78.6 Å². The fourth-order valence-corrected chi connectivity index (χ4v) is 4.99. The molecular formula is C13H15NO4S2. The Balaban J connectivity index is 1.95. The Bertz CT molecular complexity index is 671. The Labute approximate surface area is 123 Å². The summed E-state index contributed by atoms with van der Waals surface area (Å²) < 4.78 is 34.8. The van der Waals surface area contributed by atoms with E-state index in [-0.39, 0.29) is 29.4 Å². The molecule has 3 rings (SSSR count). The van der Waals surface area contributed by atoms with Crippen molar-refractivity contribution in [3.63, 3.8) is 0 Å². The summed E-state index contributed by atoms with van der Waals surface area (Å²) in [6.45, 7) is 1.83. The predicted molar refractivity (Wildman–Crippen MR) is 78.8 cm³/mol. The monoisotopic (exact) mass is 313 g/mol. The van der Waals surface area contributed by atoms with Gasteiger partial charge in [-0.05, 0) is 17.7 Å². The van der Waals surface area contributed by atoms with E-state index in [4.69, 9.17) is 27.4 Å². The summed E-state index contributed by atoms with van der Waals surface area (Å²) in [7, 11) is -3.17. The van der Waals surface area contributed by atoms with Crippen molar-refractivity contribution in [2.45, 2.75) is 18.1 Å². The lowest BCUT2D eigenvalue weighted by molar-refractivity contribution is 0.174. The van der Waals surface area contributed by atoms with E-state index in [1.807, 2.05) is 12.1 Å². The van der Waals surface area contributed by atoms with Gasteiger partial charge >= 0.3 is 0 Å². The van der Waals surface area contributed by atoms with Crippen LogP contribution in [0.1, 0.15) is 18.4 Å². The van der Waals surface area contributed by atoms with Crippen molar-refractivity contribution >= 4 is 27.0 Å². The first-order valence-electron chi connectivity index (χ1n) is 6.36. The smallest absolute Gasteiger partial charge is 0.231 e. The normalized spacial score (nSPS) is 27.4. The first-order valence-corrected chi connectivity index (χ1v) is 8.48. The van der Waals surface area contributed by atoms with Crippen LogP contribution in [0.25, 0.3) is 0 Å². The van der Waals surface area contributed by atoms with Gasteiger partial charge in [0.05, 0.1) is 10.2 Å². The summed E-state index contributed by atoms with van der Waals surface area (Å²) in [5.74, 6) is 0.958. The molecule has 3 unspecified atom stereocenters. The molecule has 108 valence electrons. The number of hydrogen-bond acceptors (Lipinski definition) is 5. The summed E-state index contributed by atoms with van der Waals surface area (Å²) in [6, 6.07) is 5.47. The Morgan fingerprint density at radius 2 is 2.10 bits per heavy atom. The summed E-state index contributed by atoms with van der Waals surface area (Å²) in [4.78, 5) is 0.259. The fourth-order valence-electron chi connectivity index (χ4n) is 2.78. The van der Waals surface area contributed by atoms with Gasteiger partial charge in [-0.2, -0.15) is 0 Å². The molecule has 1 fully saturated rings. The predicted octanol–water partition coefficient (Wildman–Crippen LogP) is 1.22. The lowest BCUT2D eigenvalue weighted by atomic mass is 10.1. The van der Waals surface area contributed by atoms with Gasteiger partial charge in [0.2, 0.25) is 6.79 Å². The van der Waals surface area contributed by atoms with Crippen molar-refractivity contribution in [3.05, 3.63) is 23.8 Å². The fraction of sp³-hybridized carbons (Fsp3) is 0.462. The number of rotatable bonds is 4. The average molecular weight is 313 g/mol. The summed E-state index contributed by atoms with van der Waals surface area (Å²) in [5.41, 5.74) is 6.57. The first-order chi connectivity index (χ1) is 9.45. The highest BCUT2D eigenvalue weighted by molar-refractivity contribution is 7.92. The maximum Gasteiger partial charge on any atom is 0.231 e. The maximum absolute atomic E-state index is 12.1. The number of benzene rings is 1. The van der Waals surface area contributed by atoms with Crippen LogP contribution in [0.3, 0.4) is 0 Å². The van der Waals surface area contributed by atoms with Gasteiger partial charge in [0.1, 0.15) is 0 Å². The van der Waals surface area contributed by atoms with Crippen LogP contribution < -0.4 is 15.2 Å². The van der Waals surface area contributed by atoms with E-state index >= 15 is 0 Å². The summed E-state index contributed by atoms with van der Waals surface area (Å²) in [6.07, 6.45) is 0. The maximum atomic E-state index is 12.1. The van der Waals surface area contributed by atoms with Gasteiger partial charge in [-0.25, -0.2) is 8.42 Å². The lowest BCUT2D eigenvalue weighted by Crippen LogP contribution is -2.18. The first kappa shape index (κ1) is 13.6. The average Bonchev–Trinajstić information content (AvgIpc) is 3.02. The van der Waals surface area contributed by atoms with E-state index < -0.39 is 15.1 Å². The molecule has 5 nitrogen and oxygen atoms in total. The van der Waals surface area contributed by atoms with E-state index in [0.717, 1.165) is 5.56 Å². The van der Waals surface area contributed by atoms with Crippen LogP contribution in [0.15, 0.2) is 18.2 Å². The Morgan fingerprint density at radius 1 is 1.40 bits per heavy atom. The molecule has 2 aliphatic rings. The molecule has 1 aliphatic heterocycles. The quantitative estimate of drug-likeness (QED) is 0.842. The van der Waals surface area contributed by atoms with Gasteiger partial charge in [-0.3, -0.25) is 0 Å². The van der Waals surface area contributed by atoms with E-state index in [1.54, 1.807) is 13.0 Å². The minimum Gasteiger partial charge on any atom is -0.454 e. The molecule has 0 spiro atoms. The highest BCUT2D eigenvalue weighted by Crippen LogP contribution is 2.54. The Kier molecular flexibility index (Phi) is 3.13. The summed E-state index contributed by atoms with van der Waals surface area (Å²) in [5, 5.41) is -0.509. The molecule has 1 heterocycles. The zero-order valence-electron chi connectivity index (χ0n) is 10.9. The van der Waals surface area contributed by atoms with Crippen molar-refractivity contribution in [2.75, 3.05) is 12.5 Å². The highest BCUT2D eigenvalue weighted by atomic mass is 32.2. The number of thiocarbonyl (C=S) groups is 1. The van der Waals surface area contributed by atoms with Crippen molar-refractivity contribution in [3.8, 4) is 11.5 Å². The number of hydrogen-bond donors (Lipinski definition) is 1. The molecule has 0 saturated heterocycles. The molecule has 0 bridgehead atoms. The van der Waals surface area contributed by atoms with Crippen LogP contribution in [0, 0.1) is 5.92 Å². The van der Waals surface area contributed by atoms with E-state index in [9.17, 15) is 8.42 Å². The molecule has 20 heavy (non-hydrogen) atoms. The molecule has 1 aliphatic carbocycles. The third kappa shape index (κ3) is 2.05. The third-order valence-corrected chi connectivity index (χ3v) is 6.37. The van der Waals surface area contributed by atoms with E-state index in [2.05, 4.69) is 0 Å². The highest BCUT2D eigenvalue weighted by Gasteiger charge is 2.59. The van der Waals surface area contributed by atoms with Gasteiger partial charge in [0.25, 0.3) is 0 Å². The van der Waals surface area contributed by atoms with Crippen LogP contribution in [-0.4, -0.2) is 31.2 Å². The molecule has 3 atom stereocenters. The minimum atomic E-state index is -3.17. The number of fused-ring (bicyclic) bond motifs is 1. The van der Waals surface area contributed by atoms with Crippen LogP contribution in [0.5, 0.6) is 11.5 Å². The molecule has 0 amide bonds. The van der Waals surface area contributed by atoms with Gasteiger partial charge in [-0.1, -0.05) is 25.2 Å². The number of ether oxygens (including phenoxy) is 2. The van der Waals surface area contributed by atoms with Crippen LogP contribution >= 0.6 is 12.2 Å². The zero-order chi connectivity index (χ0) is 14.5. The Hall–Kier alpha value is -1.34. The Morgan fingerprint density at radius 3 is 2.75 bits per heavy atom. The molecule has 7 heteroatoms. The standard InChI is InChI=1S/C13H15NO4S2/c1-2-20(15,16)12-10(11(12)13(14)19)7-3-4-8-9(5-7)18-6-17-8/h3-5,10-12H,2,6H2,1H3,(H2,14,19). The molecule has 1 saturated carbocycles. The van der Waals surface area contributed by atoms with Gasteiger partial charge in [0.15, 0.2) is 21.3 Å². The molecule has 0 aromatic heterocycles. The largest absolute Gasteiger partial charge is 0.454 e. The molecule has 2 N–H and O–H groups in total.